The molecule has 14 nitrogen and oxygen atoms in total. The second-order valence-electron chi connectivity index (χ2n) is 20.2. The normalized spacial score (nSPS) is 11.7. The van der Waals surface area contributed by atoms with E-state index in [4.69, 9.17) is 33.7 Å². The van der Waals surface area contributed by atoms with Gasteiger partial charge in [-0.25, -0.2) is 19.2 Å². The standard InChI is InChI=1S/C46H63N5O9Si4/c1-56-37-24-18-34(19-25-37)40-49-45(47-35-20-14-32(15-21-35)26-38(41(52)57-28-61(2,3)4)42(53)58-29-62(5,6)7)51-46(50-40)48-36-22-16-33(17-23-36)27-39(43(54)59-30-63(8,9)10)44(55)60-31-64(11,12)13/h14-27H,28-31H2,1-13H3,(H2,47,48,49,50,51). The highest BCUT2D eigenvalue weighted by atomic mass is 28.3. The van der Waals surface area contributed by atoms with Crippen LogP contribution < -0.4 is 15.4 Å². The van der Waals surface area contributed by atoms with Gasteiger partial charge in [-0.05, 0) is 71.8 Å². The molecule has 0 saturated heterocycles. The molecule has 4 rings (SSSR count). The molecule has 1 aromatic heterocycles. The molecule has 3 aromatic carbocycles. The van der Waals surface area contributed by atoms with Crippen LogP contribution in [0.2, 0.25) is 78.6 Å². The molecule has 0 amide bonds. The molecule has 64 heavy (non-hydrogen) atoms. The molecule has 4 aromatic rings. The molecule has 342 valence electrons. The number of methoxy groups -OCH3 is 1. The quantitative estimate of drug-likeness (QED) is 0.0214. The maximum atomic E-state index is 13.2. The predicted molar refractivity (Wildman–Crippen MR) is 264 cm³/mol. The first-order valence-corrected chi connectivity index (χ1v) is 35.9. The first-order chi connectivity index (χ1) is 29.8. The van der Waals surface area contributed by atoms with Crippen LogP contribution in [0, 0.1) is 0 Å². The number of benzene rings is 3. The van der Waals surface area contributed by atoms with E-state index in [0.717, 1.165) is 0 Å². The third-order valence-electron chi connectivity index (χ3n) is 8.36. The number of esters is 4. The van der Waals surface area contributed by atoms with Gasteiger partial charge in [0, 0.05) is 16.9 Å². The summed E-state index contributed by atoms with van der Waals surface area (Å²) < 4.78 is 27.6. The number of carbonyl (C=O) groups is 4. The number of hydrogen-bond acceptors (Lipinski definition) is 14. The average Bonchev–Trinajstić information content (AvgIpc) is 3.21. The van der Waals surface area contributed by atoms with Crippen molar-refractivity contribution in [2.45, 2.75) is 78.6 Å². The van der Waals surface area contributed by atoms with Crippen molar-refractivity contribution in [3.8, 4) is 17.1 Å². The lowest BCUT2D eigenvalue weighted by molar-refractivity contribution is -0.146. The summed E-state index contributed by atoms with van der Waals surface area (Å²) in [5.41, 5.74) is 2.79. The fraction of sp³-hybridized carbons (Fsp3) is 0.370. The number of ether oxygens (including phenoxy) is 5. The minimum absolute atomic E-state index is 0.168. The Kier molecular flexibility index (Phi) is 17.3. The maximum absolute atomic E-state index is 13.2. The van der Waals surface area contributed by atoms with Gasteiger partial charge in [0.25, 0.3) is 0 Å². The summed E-state index contributed by atoms with van der Waals surface area (Å²) in [7, 11) is -5.41. The van der Waals surface area contributed by atoms with E-state index in [2.05, 4.69) is 94.2 Å². The van der Waals surface area contributed by atoms with Crippen molar-refractivity contribution in [3.63, 3.8) is 0 Å². The topological polar surface area (TPSA) is 177 Å². The molecule has 0 spiro atoms. The lowest BCUT2D eigenvalue weighted by atomic mass is 10.1. The van der Waals surface area contributed by atoms with Crippen molar-refractivity contribution in [3.05, 3.63) is 95.1 Å². The van der Waals surface area contributed by atoms with E-state index in [0.29, 0.717) is 39.6 Å². The molecule has 0 radical (unpaired) electrons. The molecule has 0 saturated carbocycles. The molecule has 0 fully saturated rings. The Morgan fingerprint density at radius 3 is 1.06 bits per heavy atom. The van der Waals surface area contributed by atoms with Crippen molar-refractivity contribution in [2.24, 2.45) is 0 Å². The third-order valence-corrected chi connectivity index (χ3v) is 12.4. The summed E-state index contributed by atoms with van der Waals surface area (Å²) in [5, 5.41) is 6.48. The van der Waals surface area contributed by atoms with Crippen molar-refractivity contribution in [1.29, 1.82) is 0 Å². The number of hydrogen-bond donors (Lipinski definition) is 2. The molecular formula is C46H63N5O9Si4. The van der Waals surface area contributed by atoms with Gasteiger partial charge in [0.05, 0.1) is 64.3 Å². The van der Waals surface area contributed by atoms with Crippen LogP contribution >= 0.6 is 0 Å². The number of nitrogens with one attached hydrogen (secondary N) is 2. The van der Waals surface area contributed by atoms with Crippen molar-refractivity contribution in [1.82, 2.24) is 15.0 Å². The number of carbonyl (C=O) groups excluding carboxylic acids is 4. The highest BCUT2D eigenvalue weighted by Gasteiger charge is 2.28. The van der Waals surface area contributed by atoms with Crippen LogP contribution in [0.15, 0.2) is 83.9 Å². The minimum Gasteiger partial charge on any atom is -0.497 e. The van der Waals surface area contributed by atoms with Gasteiger partial charge < -0.3 is 34.3 Å². The lowest BCUT2D eigenvalue weighted by Crippen LogP contribution is -2.33. The van der Waals surface area contributed by atoms with Gasteiger partial charge >= 0.3 is 23.9 Å². The van der Waals surface area contributed by atoms with Gasteiger partial charge in [-0.2, -0.15) is 15.0 Å². The molecule has 0 aliphatic heterocycles. The van der Waals surface area contributed by atoms with E-state index >= 15 is 0 Å². The minimum atomic E-state index is -1.75. The summed E-state index contributed by atoms with van der Waals surface area (Å²) in [6, 6.07) is 21.4. The molecule has 18 heteroatoms. The molecule has 0 unspecified atom stereocenters. The lowest BCUT2D eigenvalue weighted by Gasteiger charge is -2.18. The Hall–Kier alpha value is -5.70. The zero-order valence-corrected chi connectivity index (χ0v) is 43.4. The fourth-order valence-electron chi connectivity index (χ4n) is 5.12. The van der Waals surface area contributed by atoms with Gasteiger partial charge in [-0.3, -0.25) is 0 Å². The van der Waals surface area contributed by atoms with Gasteiger partial charge in [0.2, 0.25) is 11.9 Å². The molecule has 2 N–H and O–H groups in total. The fourth-order valence-corrected chi connectivity index (χ4v) is 7.37. The van der Waals surface area contributed by atoms with Crippen LogP contribution in [-0.2, 0) is 38.1 Å². The Morgan fingerprint density at radius 2 is 0.781 bits per heavy atom. The van der Waals surface area contributed by atoms with Crippen LogP contribution in [0.25, 0.3) is 23.5 Å². The first kappa shape index (κ1) is 50.9. The second-order valence-corrected chi connectivity index (χ2v) is 41.8. The highest BCUT2D eigenvalue weighted by molar-refractivity contribution is 6.77. The van der Waals surface area contributed by atoms with E-state index in [1.165, 1.54) is 12.2 Å². The highest BCUT2D eigenvalue weighted by Crippen LogP contribution is 2.26. The largest absolute Gasteiger partial charge is 0.497 e. The van der Waals surface area contributed by atoms with E-state index in [-0.39, 0.29) is 48.0 Å². The van der Waals surface area contributed by atoms with E-state index in [1.54, 1.807) is 55.6 Å². The van der Waals surface area contributed by atoms with E-state index in [9.17, 15) is 19.2 Å². The Bertz CT molecular complexity index is 2130. The Balaban J connectivity index is 1.63. The van der Waals surface area contributed by atoms with Gasteiger partial charge in [-0.15, -0.1) is 0 Å². The van der Waals surface area contributed by atoms with Crippen LogP contribution in [0.5, 0.6) is 5.75 Å². The van der Waals surface area contributed by atoms with Crippen molar-refractivity contribution >= 4 is 91.6 Å². The number of anilines is 4. The monoisotopic (exact) mass is 941 g/mol. The average molecular weight is 942 g/mol. The van der Waals surface area contributed by atoms with Crippen molar-refractivity contribution in [2.75, 3.05) is 42.7 Å². The molecule has 0 atom stereocenters. The van der Waals surface area contributed by atoms with Gasteiger partial charge in [0.15, 0.2) is 5.82 Å². The summed E-state index contributed by atoms with van der Waals surface area (Å²) in [6.07, 6.45) is 4.05. The smallest absolute Gasteiger partial charge is 0.345 e. The molecule has 0 aliphatic rings. The Morgan fingerprint density at radius 1 is 0.469 bits per heavy atom. The second kappa shape index (κ2) is 21.8. The predicted octanol–water partition coefficient (Wildman–Crippen LogP) is 9.48. The number of nitrogens with zero attached hydrogens (tertiary/aromatic N) is 3. The Labute approximate surface area is 381 Å². The summed E-state index contributed by atoms with van der Waals surface area (Å²) in [5.74, 6) is -1.35. The van der Waals surface area contributed by atoms with Crippen LogP contribution in [-0.4, -0.2) is 103 Å². The van der Waals surface area contributed by atoms with Gasteiger partial charge in [0.1, 0.15) is 16.9 Å². The number of rotatable bonds is 20. The first-order valence-electron chi connectivity index (χ1n) is 21.0. The summed E-state index contributed by atoms with van der Waals surface area (Å²) in [6.45, 7) is 24.9. The number of aromatic nitrogens is 3. The van der Waals surface area contributed by atoms with E-state index < -0.39 is 56.2 Å². The van der Waals surface area contributed by atoms with E-state index in [1.807, 2.05) is 24.3 Å². The van der Waals surface area contributed by atoms with Crippen LogP contribution in [0.4, 0.5) is 23.3 Å². The molecule has 0 bridgehead atoms. The van der Waals surface area contributed by atoms with Crippen LogP contribution in [0.3, 0.4) is 0 Å². The molecular weight excluding hydrogens is 879 g/mol. The van der Waals surface area contributed by atoms with Gasteiger partial charge in [-0.1, -0.05) is 103 Å². The third kappa shape index (κ3) is 17.8. The SMILES string of the molecule is COc1ccc(-c2nc(Nc3ccc(C=C(C(=O)OC[Si](C)(C)C)C(=O)OC[Si](C)(C)C)cc3)nc(Nc3ccc(C=C(C(=O)OC[Si](C)(C)C)C(=O)OC[Si](C)(C)C)cc3)n2)cc1. The summed E-state index contributed by atoms with van der Waals surface area (Å²) >= 11 is 0. The molecule has 1 heterocycles. The summed E-state index contributed by atoms with van der Waals surface area (Å²) in [4.78, 5) is 66.8. The zero-order chi connectivity index (χ0) is 47.5. The molecule has 0 aliphatic carbocycles. The van der Waals surface area contributed by atoms with Crippen LogP contribution in [0.1, 0.15) is 11.1 Å². The zero-order valence-electron chi connectivity index (χ0n) is 39.4. The van der Waals surface area contributed by atoms with Crippen molar-refractivity contribution < 1.29 is 42.9 Å². The maximum Gasteiger partial charge on any atom is 0.345 e.